The Kier molecular flexibility index (Phi) is 4.14. The Morgan fingerprint density at radius 2 is 2.04 bits per heavy atom. The first-order valence-corrected chi connectivity index (χ1v) is 8.85. The van der Waals surface area contributed by atoms with Crippen LogP contribution in [-0.2, 0) is 13.6 Å². The quantitative estimate of drug-likeness (QED) is 0.882. The van der Waals surface area contributed by atoms with Gasteiger partial charge in [0.2, 0.25) is 0 Å². The van der Waals surface area contributed by atoms with E-state index in [9.17, 15) is 5.11 Å². The number of aromatic nitrogens is 3. The third-order valence-corrected chi connectivity index (χ3v) is 5.05. The van der Waals surface area contributed by atoms with E-state index in [1.165, 1.54) is 24.1 Å². The molecule has 2 N–H and O–H groups in total. The van der Waals surface area contributed by atoms with Crippen molar-refractivity contribution in [1.82, 2.24) is 14.8 Å². The van der Waals surface area contributed by atoms with Gasteiger partial charge in [0.25, 0.3) is 0 Å². The number of hydrogen-bond donors (Lipinski definition) is 2. The molecular formula is C18H25N5O. The Morgan fingerprint density at radius 3 is 2.79 bits per heavy atom. The summed E-state index contributed by atoms with van der Waals surface area (Å²) in [5, 5.41) is 17.7. The van der Waals surface area contributed by atoms with Gasteiger partial charge in [-0.1, -0.05) is 0 Å². The highest BCUT2D eigenvalue weighted by molar-refractivity contribution is 5.65. The van der Waals surface area contributed by atoms with Crippen LogP contribution in [0.5, 0.6) is 0 Å². The first-order chi connectivity index (χ1) is 11.7. The van der Waals surface area contributed by atoms with Gasteiger partial charge in [0.15, 0.2) is 5.82 Å². The maximum atomic E-state index is 9.71. The van der Waals surface area contributed by atoms with Crippen LogP contribution in [0, 0.1) is 0 Å². The van der Waals surface area contributed by atoms with E-state index >= 15 is 0 Å². The van der Waals surface area contributed by atoms with Crippen LogP contribution in [0.3, 0.4) is 0 Å². The zero-order valence-corrected chi connectivity index (χ0v) is 14.1. The van der Waals surface area contributed by atoms with E-state index in [-0.39, 0.29) is 6.10 Å². The molecule has 0 amide bonds. The fraction of sp³-hybridized carbons (Fsp3) is 0.556. The van der Waals surface area contributed by atoms with Gasteiger partial charge in [-0.3, -0.25) is 4.68 Å². The number of pyridine rings is 1. The minimum atomic E-state index is -0.169. The van der Waals surface area contributed by atoms with Crippen molar-refractivity contribution in [3.63, 3.8) is 0 Å². The molecule has 6 nitrogen and oxygen atoms in total. The molecule has 0 spiro atoms. The predicted octanol–water partition coefficient (Wildman–Crippen LogP) is 2.27. The van der Waals surface area contributed by atoms with E-state index in [1.54, 1.807) is 0 Å². The maximum absolute atomic E-state index is 9.71. The zero-order valence-electron chi connectivity index (χ0n) is 14.1. The Balaban J connectivity index is 1.49. The van der Waals surface area contributed by atoms with Gasteiger partial charge in [-0.2, -0.15) is 5.10 Å². The molecule has 2 fully saturated rings. The van der Waals surface area contributed by atoms with Crippen LogP contribution in [0.15, 0.2) is 24.5 Å². The van der Waals surface area contributed by atoms with Crippen LogP contribution < -0.4 is 10.2 Å². The van der Waals surface area contributed by atoms with E-state index in [0.29, 0.717) is 5.92 Å². The summed E-state index contributed by atoms with van der Waals surface area (Å²) in [6.07, 6.45) is 7.83. The average Bonchev–Trinajstić information content (AvgIpc) is 3.37. The fourth-order valence-electron chi connectivity index (χ4n) is 3.57. The molecule has 0 bridgehead atoms. The third kappa shape index (κ3) is 3.11. The van der Waals surface area contributed by atoms with Crippen molar-refractivity contribution in [1.29, 1.82) is 0 Å². The molecule has 1 aliphatic carbocycles. The summed E-state index contributed by atoms with van der Waals surface area (Å²) in [7, 11) is 2.03. The van der Waals surface area contributed by atoms with Gasteiger partial charge in [0.1, 0.15) is 0 Å². The minimum Gasteiger partial charge on any atom is -0.393 e. The summed E-state index contributed by atoms with van der Waals surface area (Å²) in [4.78, 5) is 6.84. The van der Waals surface area contributed by atoms with E-state index < -0.39 is 0 Å². The lowest BCUT2D eigenvalue weighted by atomic mass is 10.1. The van der Waals surface area contributed by atoms with Crippen molar-refractivity contribution < 1.29 is 5.11 Å². The molecule has 4 rings (SSSR count). The molecule has 2 aromatic heterocycles. The highest BCUT2D eigenvalue weighted by Crippen LogP contribution is 2.41. The molecule has 6 heteroatoms. The molecule has 0 aromatic carbocycles. The Morgan fingerprint density at radius 1 is 1.25 bits per heavy atom. The van der Waals surface area contributed by atoms with E-state index in [2.05, 4.69) is 26.4 Å². The Labute approximate surface area is 142 Å². The molecule has 1 saturated carbocycles. The van der Waals surface area contributed by atoms with Gasteiger partial charge in [0, 0.05) is 50.1 Å². The first-order valence-electron chi connectivity index (χ1n) is 8.85. The number of piperidine rings is 1. The molecule has 24 heavy (non-hydrogen) atoms. The number of hydrogen-bond acceptors (Lipinski definition) is 5. The lowest BCUT2D eigenvalue weighted by molar-refractivity contribution is 0.145. The summed E-state index contributed by atoms with van der Waals surface area (Å²) in [5.41, 5.74) is 3.71. The van der Waals surface area contributed by atoms with E-state index in [0.717, 1.165) is 44.0 Å². The second-order valence-electron chi connectivity index (χ2n) is 6.90. The summed E-state index contributed by atoms with van der Waals surface area (Å²) in [6, 6.07) is 4.05. The van der Waals surface area contributed by atoms with Gasteiger partial charge in [-0.15, -0.1) is 0 Å². The fourth-order valence-corrected chi connectivity index (χ4v) is 3.57. The molecule has 0 unspecified atom stereocenters. The third-order valence-electron chi connectivity index (χ3n) is 5.05. The topological polar surface area (TPSA) is 66.2 Å². The van der Waals surface area contributed by atoms with Crippen LogP contribution in [0.2, 0.25) is 0 Å². The number of rotatable bonds is 5. The van der Waals surface area contributed by atoms with Crippen molar-refractivity contribution in [2.75, 3.05) is 23.3 Å². The SMILES string of the molecule is Cn1ncc(CNc2cccnc2N2CCC(O)CC2)c1C1CC1. The molecule has 0 atom stereocenters. The first kappa shape index (κ1) is 15.4. The van der Waals surface area contributed by atoms with Crippen LogP contribution in [0.1, 0.15) is 42.9 Å². The van der Waals surface area contributed by atoms with E-state index in [4.69, 9.17) is 0 Å². The number of aliphatic hydroxyl groups excluding tert-OH is 1. The van der Waals surface area contributed by atoms with Crippen molar-refractivity contribution in [2.24, 2.45) is 7.05 Å². The molecule has 0 radical (unpaired) electrons. The number of nitrogens with zero attached hydrogens (tertiary/aromatic N) is 4. The van der Waals surface area contributed by atoms with Crippen molar-refractivity contribution >= 4 is 11.5 Å². The summed E-state index contributed by atoms with van der Waals surface area (Å²) in [5.74, 6) is 1.67. The van der Waals surface area contributed by atoms with Gasteiger partial charge >= 0.3 is 0 Å². The van der Waals surface area contributed by atoms with Crippen LogP contribution in [-0.4, -0.2) is 39.1 Å². The lowest BCUT2D eigenvalue weighted by Crippen LogP contribution is -2.36. The molecule has 1 aliphatic heterocycles. The molecule has 128 valence electrons. The summed E-state index contributed by atoms with van der Waals surface area (Å²) < 4.78 is 2.02. The molecule has 2 aromatic rings. The zero-order chi connectivity index (χ0) is 16.5. The standard InChI is InChI=1S/C18H25N5O/c1-22-17(13-4-5-13)14(12-21-22)11-20-16-3-2-8-19-18(16)23-9-6-15(24)7-10-23/h2-3,8,12-13,15,20,24H,4-7,9-11H2,1H3. The molecular weight excluding hydrogens is 302 g/mol. The second kappa shape index (κ2) is 6.43. The molecule has 1 saturated heterocycles. The smallest absolute Gasteiger partial charge is 0.151 e. The minimum absolute atomic E-state index is 0.169. The number of aryl methyl sites for hydroxylation is 1. The van der Waals surface area contributed by atoms with Gasteiger partial charge in [-0.25, -0.2) is 4.98 Å². The van der Waals surface area contributed by atoms with Gasteiger partial charge in [-0.05, 0) is 37.8 Å². The number of anilines is 2. The Bertz CT molecular complexity index is 701. The van der Waals surface area contributed by atoms with E-state index in [1.807, 2.05) is 30.2 Å². The predicted molar refractivity (Wildman–Crippen MR) is 94.2 cm³/mol. The monoisotopic (exact) mass is 327 g/mol. The van der Waals surface area contributed by atoms with Crippen molar-refractivity contribution in [3.8, 4) is 0 Å². The summed E-state index contributed by atoms with van der Waals surface area (Å²) >= 11 is 0. The van der Waals surface area contributed by atoms with Gasteiger partial charge in [0.05, 0.1) is 18.0 Å². The van der Waals surface area contributed by atoms with Crippen LogP contribution >= 0.6 is 0 Å². The second-order valence-corrected chi connectivity index (χ2v) is 6.90. The molecule has 3 heterocycles. The average molecular weight is 327 g/mol. The number of nitrogens with one attached hydrogen (secondary N) is 1. The highest BCUT2D eigenvalue weighted by Gasteiger charge is 2.29. The number of aliphatic hydroxyl groups is 1. The normalized spacial score (nSPS) is 18.8. The van der Waals surface area contributed by atoms with Gasteiger partial charge < -0.3 is 15.3 Å². The summed E-state index contributed by atoms with van der Waals surface area (Å²) in [6.45, 7) is 2.48. The highest BCUT2D eigenvalue weighted by atomic mass is 16.3. The van der Waals surface area contributed by atoms with Crippen LogP contribution in [0.25, 0.3) is 0 Å². The van der Waals surface area contributed by atoms with Crippen molar-refractivity contribution in [3.05, 3.63) is 35.8 Å². The molecule has 2 aliphatic rings. The largest absolute Gasteiger partial charge is 0.393 e. The lowest BCUT2D eigenvalue weighted by Gasteiger charge is -2.31. The van der Waals surface area contributed by atoms with Crippen molar-refractivity contribution in [2.45, 2.75) is 44.2 Å². The maximum Gasteiger partial charge on any atom is 0.151 e. The Hall–Kier alpha value is -2.08. The van der Waals surface area contributed by atoms with Crippen LogP contribution in [0.4, 0.5) is 11.5 Å².